The maximum Gasteiger partial charge on any atom is 0.304 e. The minimum absolute atomic E-state index is 0.0688. The van der Waals surface area contributed by atoms with Gasteiger partial charge < -0.3 is 15.3 Å². The molecule has 1 unspecified atom stereocenters. The van der Waals surface area contributed by atoms with Gasteiger partial charge in [-0.15, -0.1) is 0 Å². The average Bonchev–Trinajstić information content (AvgIpc) is 3.70. The third kappa shape index (κ3) is 4.20. The normalized spacial score (nSPS) is 15.0. The van der Waals surface area contributed by atoms with E-state index in [1.165, 1.54) is 17.7 Å². The fraction of sp³-hybridized carbons (Fsp3) is 0.185. The second kappa shape index (κ2) is 9.64. The van der Waals surface area contributed by atoms with Crippen LogP contribution < -0.4 is 10.9 Å². The lowest BCUT2D eigenvalue weighted by molar-refractivity contribution is -0.0896. The van der Waals surface area contributed by atoms with Crippen LogP contribution in [0.4, 0.5) is 0 Å². The first-order valence-electron chi connectivity index (χ1n) is 12.0. The van der Waals surface area contributed by atoms with Crippen LogP contribution in [0.1, 0.15) is 35.7 Å². The Morgan fingerprint density at radius 1 is 1.11 bits per heavy atom. The standard InChI is InChI=1S/C27H24N6O3S/c1-2-5-23-22(25(34)32(19-12-13-37-15-19)26-28-16-29-33(23)26)14-17-8-10-18(11-9-17)20-6-3-4-7-21(20)24-30-27(35)36-31-24/h3-4,6-13,15-16,27,35H,2,5,14H2,1H3,(H,30,31). The van der Waals surface area contributed by atoms with Crippen LogP contribution in [0, 0.1) is 0 Å². The molecule has 0 radical (unpaired) electrons. The van der Waals surface area contributed by atoms with Gasteiger partial charge in [-0.05, 0) is 34.6 Å². The highest BCUT2D eigenvalue weighted by Crippen LogP contribution is 2.26. The topological polar surface area (TPSA) is 106 Å². The zero-order valence-electron chi connectivity index (χ0n) is 20.0. The van der Waals surface area contributed by atoms with E-state index in [0.717, 1.165) is 52.0 Å². The van der Waals surface area contributed by atoms with Crippen molar-refractivity contribution in [1.29, 1.82) is 0 Å². The molecular formula is C27H24N6O3S. The molecule has 0 amide bonds. The lowest BCUT2D eigenvalue weighted by atomic mass is 9.96. The SMILES string of the molecule is CCCc1c(Cc2ccc(-c3ccccc3C3=NOC(O)N3)cc2)c(=O)n(-c2ccsc2)c2ncnn12. The Balaban J connectivity index is 1.39. The van der Waals surface area contributed by atoms with Crippen molar-refractivity contribution in [1.82, 2.24) is 24.5 Å². The molecule has 3 aromatic heterocycles. The van der Waals surface area contributed by atoms with E-state index in [2.05, 4.69) is 27.5 Å². The summed E-state index contributed by atoms with van der Waals surface area (Å²) in [7, 11) is 0. The first kappa shape index (κ1) is 23.1. The number of thiophene rings is 1. The first-order chi connectivity index (χ1) is 18.1. The number of aliphatic hydroxyl groups excluding tert-OH is 1. The Morgan fingerprint density at radius 2 is 1.92 bits per heavy atom. The molecule has 1 aliphatic heterocycles. The van der Waals surface area contributed by atoms with E-state index < -0.39 is 6.41 Å². The fourth-order valence-electron chi connectivity index (χ4n) is 4.69. The number of hydrogen-bond acceptors (Lipinski definition) is 8. The van der Waals surface area contributed by atoms with Gasteiger partial charge in [-0.25, -0.2) is 9.08 Å². The van der Waals surface area contributed by atoms with Crippen LogP contribution >= 0.6 is 11.3 Å². The molecular weight excluding hydrogens is 488 g/mol. The summed E-state index contributed by atoms with van der Waals surface area (Å²) >= 11 is 1.54. The molecule has 0 aliphatic carbocycles. The molecule has 37 heavy (non-hydrogen) atoms. The van der Waals surface area contributed by atoms with Crippen LogP contribution in [0.2, 0.25) is 0 Å². The second-order valence-electron chi connectivity index (χ2n) is 8.73. The number of nitrogens with zero attached hydrogens (tertiary/aromatic N) is 5. The molecule has 0 saturated carbocycles. The number of aryl methyl sites for hydroxylation is 1. The van der Waals surface area contributed by atoms with Crippen molar-refractivity contribution >= 4 is 23.0 Å². The maximum absolute atomic E-state index is 13.8. The van der Waals surface area contributed by atoms with Gasteiger partial charge in [-0.1, -0.05) is 67.0 Å². The van der Waals surface area contributed by atoms with Gasteiger partial charge in [0.1, 0.15) is 6.33 Å². The molecule has 9 nitrogen and oxygen atoms in total. The number of nitrogens with one attached hydrogen (secondary N) is 1. The van der Waals surface area contributed by atoms with E-state index in [1.54, 1.807) is 9.08 Å². The summed E-state index contributed by atoms with van der Waals surface area (Å²) in [5.41, 5.74) is 6.12. The Bertz CT molecular complexity index is 1650. The third-order valence-corrected chi connectivity index (χ3v) is 7.05. The number of amidine groups is 1. The van der Waals surface area contributed by atoms with E-state index in [-0.39, 0.29) is 5.56 Å². The summed E-state index contributed by atoms with van der Waals surface area (Å²) in [4.78, 5) is 23.1. The van der Waals surface area contributed by atoms with E-state index >= 15 is 0 Å². The zero-order valence-corrected chi connectivity index (χ0v) is 20.9. The van der Waals surface area contributed by atoms with Gasteiger partial charge in [-0.2, -0.15) is 21.4 Å². The van der Waals surface area contributed by atoms with E-state index in [0.29, 0.717) is 18.0 Å². The van der Waals surface area contributed by atoms with E-state index in [1.807, 2.05) is 65.4 Å². The largest absolute Gasteiger partial charge is 0.340 e. The molecule has 186 valence electrons. The fourth-order valence-corrected chi connectivity index (χ4v) is 5.31. The van der Waals surface area contributed by atoms with Crippen molar-refractivity contribution < 1.29 is 9.94 Å². The van der Waals surface area contributed by atoms with E-state index in [4.69, 9.17) is 4.84 Å². The lowest BCUT2D eigenvalue weighted by Crippen LogP contribution is -2.29. The highest BCUT2D eigenvalue weighted by Gasteiger charge is 2.22. The van der Waals surface area contributed by atoms with Gasteiger partial charge in [0.2, 0.25) is 5.78 Å². The number of aromatic nitrogens is 4. The Kier molecular flexibility index (Phi) is 6.03. The molecule has 2 N–H and O–H groups in total. The number of rotatable bonds is 7. The number of aliphatic hydroxyl groups is 1. The highest BCUT2D eigenvalue weighted by molar-refractivity contribution is 7.08. The molecule has 0 saturated heterocycles. The molecule has 2 aromatic carbocycles. The second-order valence-corrected chi connectivity index (χ2v) is 9.51. The van der Waals surface area contributed by atoms with Gasteiger partial charge in [-0.3, -0.25) is 4.79 Å². The lowest BCUT2D eigenvalue weighted by Gasteiger charge is -2.15. The molecule has 5 aromatic rings. The zero-order chi connectivity index (χ0) is 25.4. The van der Waals surface area contributed by atoms with E-state index in [9.17, 15) is 9.90 Å². The van der Waals surface area contributed by atoms with Gasteiger partial charge in [0, 0.05) is 22.9 Å². The summed E-state index contributed by atoms with van der Waals surface area (Å²) in [5, 5.41) is 24.7. The van der Waals surface area contributed by atoms with Gasteiger partial charge in [0.15, 0.2) is 5.84 Å². The average molecular weight is 513 g/mol. The van der Waals surface area contributed by atoms with Crippen molar-refractivity contribution in [2.24, 2.45) is 5.16 Å². The van der Waals surface area contributed by atoms with Crippen LogP contribution in [-0.4, -0.2) is 36.5 Å². The smallest absolute Gasteiger partial charge is 0.304 e. The van der Waals surface area contributed by atoms with Crippen LogP contribution in [0.15, 0.2) is 81.6 Å². The highest BCUT2D eigenvalue weighted by atomic mass is 32.1. The predicted molar refractivity (Wildman–Crippen MR) is 142 cm³/mol. The Labute approximate surface area is 216 Å². The predicted octanol–water partition coefficient (Wildman–Crippen LogP) is 3.71. The molecule has 0 bridgehead atoms. The molecule has 4 heterocycles. The molecule has 0 spiro atoms. The number of oxime groups is 1. The van der Waals surface area contributed by atoms with Crippen molar-refractivity contribution in [2.45, 2.75) is 32.6 Å². The third-order valence-electron chi connectivity index (χ3n) is 6.38. The van der Waals surface area contributed by atoms with Crippen molar-refractivity contribution in [3.63, 3.8) is 0 Å². The number of benzene rings is 2. The minimum atomic E-state index is -1.15. The van der Waals surface area contributed by atoms with Gasteiger partial charge in [0.05, 0.1) is 11.4 Å². The maximum atomic E-state index is 13.8. The molecule has 1 atom stereocenters. The first-order valence-corrected chi connectivity index (χ1v) is 12.9. The molecule has 6 rings (SSSR count). The van der Waals surface area contributed by atoms with Crippen molar-refractivity contribution in [3.05, 3.63) is 104 Å². The summed E-state index contributed by atoms with van der Waals surface area (Å²) in [6.07, 6.45) is 2.44. The Hall–Kier alpha value is -4.28. The quantitative estimate of drug-likeness (QED) is 0.344. The summed E-state index contributed by atoms with van der Waals surface area (Å²) in [6, 6.07) is 17.9. The monoisotopic (exact) mass is 512 g/mol. The molecule has 0 fully saturated rings. The van der Waals surface area contributed by atoms with Gasteiger partial charge in [0.25, 0.3) is 5.56 Å². The number of fused-ring (bicyclic) bond motifs is 1. The molecule has 1 aliphatic rings. The van der Waals surface area contributed by atoms with Crippen molar-refractivity contribution in [2.75, 3.05) is 0 Å². The van der Waals surface area contributed by atoms with Crippen LogP contribution in [0.25, 0.3) is 22.6 Å². The van der Waals surface area contributed by atoms with Crippen LogP contribution in [0.3, 0.4) is 0 Å². The Morgan fingerprint density at radius 3 is 2.62 bits per heavy atom. The minimum Gasteiger partial charge on any atom is -0.340 e. The van der Waals surface area contributed by atoms with Crippen LogP contribution in [-0.2, 0) is 17.7 Å². The summed E-state index contributed by atoms with van der Waals surface area (Å²) < 4.78 is 3.45. The van der Waals surface area contributed by atoms with Gasteiger partial charge >= 0.3 is 6.41 Å². The van der Waals surface area contributed by atoms with Crippen molar-refractivity contribution in [3.8, 4) is 16.8 Å². The van der Waals surface area contributed by atoms with Crippen LogP contribution in [0.5, 0.6) is 0 Å². The summed E-state index contributed by atoms with van der Waals surface area (Å²) in [5.74, 6) is 1.01. The molecule has 10 heteroatoms. The summed E-state index contributed by atoms with van der Waals surface area (Å²) in [6.45, 7) is 2.09. The number of hydrogen-bond donors (Lipinski definition) is 2.